The summed E-state index contributed by atoms with van der Waals surface area (Å²) in [6.45, 7) is 1.54. The SMILES string of the molecule is Cc1cc(-c2onc(N)c2-c2ccccn2)c(F)cc1F. The Labute approximate surface area is 119 Å². The first-order chi connectivity index (χ1) is 10.1. The zero-order chi connectivity index (χ0) is 15.0. The second kappa shape index (κ2) is 4.97. The number of rotatable bonds is 2. The molecule has 0 spiro atoms. The van der Waals surface area contributed by atoms with Gasteiger partial charge in [0.05, 0.1) is 16.8 Å². The second-order valence-electron chi connectivity index (χ2n) is 4.57. The van der Waals surface area contributed by atoms with E-state index in [2.05, 4.69) is 10.1 Å². The van der Waals surface area contributed by atoms with E-state index in [9.17, 15) is 8.78 Å². The first-order valence-corrected chi connectivity index (χ1v) is 6.20. The average Bonchev–Trinajstić information content (AvgIpc) is 2.85. The largest absolute Gasteiger partial charge is 0.380 e. The van der Waals surface area contributed by atoms with Gasteiger partial charge >= 0.3 is 0 Å². The highest BCUT2D eigenvalue weighted by Gasteiger charge is 2.22. The highest BCUT2D eigenvalue weighted by molar-refractivity contribution is 5.85. The Bertz CT molecular complexity index is 800. The number of aromatic nitrogens is 2. The molecule has 0 saturated carbocycles. The second-order valence-corrected chi connectivity index (χ2v) is 4.57. The van der Waals surface area contributed by atoms with Gasteiger partial charge in [-0.2, -0.15) is 0 Å². The van der Waals surface area contributed by atoms with Gasteiger partial charge in [-0.25, -0.2) is 8.78 Å². The first-order valence-electron chi connectivity index (χ1n) is 6.20. The molecule has 0 fully saturated rings. The summed E-state index contributed by atoms with van der Waals surface area (Å²) in [6.07, 6.45) is 1.58. The Morgan fingerprint density at radius 1 is 1.14 bits per heavy atom. The molecule has 2 N–H and O–H groups in total. The molecule has 0 bridgehead atoms. The summed E-state index contributed by atoms with van der Waals surface area (Å²) in [5.74, 6) is -1.13. The van der Waals surface area contributed by atoms with Crippen molar-refractivity contribution in [2.75, 3.05) is 5.73 Å². The number of benzene rings is 1. The minimum absolute atomic E-state index is 0.0961. The Morgan fingerprint density at radius 3 is 2.67 bits per heavy atom. The maximum atomic E-state index is 14.0. The van der Waals surface area contributed by atoms with E-state index >= 15 is 0 Å². The quantitative estimate of drug-likeness (QED) is 0.782. The summed E-state index contributed by atoms with van der Waals surface area (Å²) in [5.41, 5.74) is 7.08. The van der Waals surface area contributed by atoms with Crippen LogP contribution in [0.3, 0.4) is 0 Å². The summed E-state index contributed by atoms with van der Waals surface area (Å²) in [4.78, 5) is 4.16. The van der Waals surface area contributed by atoms with Crippen LogP contribution in [-0.4, -0.2) is 10.1 Å². The van der Waals surface area contributed by atoms with Crippen molar-refractivity contribution in [2.24, 2.45) is 0 Å². The Hall–Kier alpha value is -2.76. The van der Waals surface area contributed by atoms with Gasteiger partial charge in [-0.05, 0) is 30.7 Å². The van der Waals surface area contributed by atoms with Crippen molar-refractivity contribution < 1.29 is 13.3 Å². The normalized spacial score (nSPS) is 10.8. The standard InChI is InChI=1S/C15H11F2N3O/c1-8-6-9(11(17)7-10(8)16)14-13(15(18)20-21-14)12-4-2-3-5-19-12/h2-7H,1H3,(H2,18,20). The number of hydrogen-bond acceptors (Lipinski definition) is 4. The number of nitrogen functional groups attached to an aromatic ring is 1. The topological polar surface area (TPSA) is 64.9 Å². The third-order valence-corrected chi connectivity index (χ3v) is 3.13. The smallest absolute Gasteiger partial charge is 0.181 e. The van der Waals surface area contributed by atoms with E-state index < -0.39 is 11.6 Å². The zero-order valence-corrected chi connectivity index (χ0v) is 11.1. The lowest BCUT2D eigenvalue weighted by molar-refractivity contribution is 0.433. The van der Waals surface area contributed by atoms with Gasteiger partial charge in [-0.1, -0.05) is 11.2 Å². The van der Waals surface area contributed by atoms with Crippen molar-refractivity contribution in [1.82, 2.24) is 10.1 Å². The lowest BCUT2D eigenvalue weighted by Crippen LogP contribution is -1.93. The van der Waals surface area contributed by atoms with E-state index in [1.165, 1.54) is 6.07 Å². The minimum Gasteiger partial charge on any atom is -0.380 e. The van der Waals surface area contributed by atoms with Crippen molar-refractivity contribution in [3.05, 3.63) is 53.7 Å². The van der Waals surface area contributed by atoms with Crippen LogP contribution in [-0.2, 0) is 0 Å². The van der Waals surface area contributed by atoms with Crippen LogP contribution in [0.1, 0.15) is 5.56 Å². The average molecular weight is 287 g/mol. The highest BCUT2D eigenvalue weighted by atomic mass is 19.1. The molecule has 0 aliphatic heterocycles. The van der Waals surface area contributed by atoms with Crippen LogP contribution in [0.4, 0.5) is 14.6 Å². The molecule has 0 aliphatic carbocycles. The van der Waals surface area contributed by atoms with Gasteiger partial charge in [-0.3, -0.25) is 4.98 Å². The molecule has 3 rings (SSSR count). The molecule has 0 unspecified atom stereocenters. The van der Waals surface area contributed by atoms with Crippen LogP contribution in [0, 0.1) is 18.6 Å². The predicted molar refractivity (Wildman–Crippen MR) is 74.2 cm³/mol. The number of aryl methyl sites for hydroxylation is 1. The van der Waals surface area contributed by atoms with E-state index in [-0.39, 0.29) is 17.1 Å². The van der Waals surface area contributed by atoms with Crippen molar-refractivity contribution >= 4 is 5.82 Å². The van der Waals surface area contributed by atoms with Crippen LogP contribution in [0.5, 0.6) is 0 Å². The van der Waals surface area contributed by atoms with Crippen molar-refractivity contribution in [3.63, 3.8) is 0 Å². The summed E-state index contributed by atoms with van der Waals surface area (Å²) >= 11 is 0. The maximum Gasteiger partial charge on any atom is 0.181 e. The number of anilines is 1. The fourth-order valence-electron chi connectivity index (χ4n) is 2.08. The van der Waals surface area contributed by atoms with Gasteiger partial charge < -0.3 is 10.3 Å². The molecule has 3 aromatic rings. The Kier molecular flexibility index (Phi) is 3.13. The number of hydrogen-bond donors (Lipinski definition) is 1. The van der Waals surface area contributed by atoms with Crippen molar-refractivity contribution in [3.8, 4) is 22.6 Å². The number of nitrogens with two attached hydrogens (primary N) is 1. The van der Waals surface area contributed by atoms with Gasteiger partial charge in [0, 0.05) is 12.3 Å². The molecule has 0 radical (unpaired) electrons. The molecular weight excluding hydrogens is 276 g/mol. The molecule has 2 heterocycles. The molecular formula is C15H11F2N3O. The molecule has 0 aliphatic rings. The number of pyridine rings is 1. The van der Waals surface area contributed by atoms with Gasteiger partial charge in [0.1, 0.15) is 11.6 Å². The third kappa shape index (κ3) is 2.24. The molecule has 0 atom stereocenters. The molecule has 2 aromatic heterocycles. The first kappa shape index (κ1) is 13.2. The molecule has 21 heavy (non-hydrogen) atoms. The molecule has 0 saturated heterocycles. The van der Waals surface area contributed by atoms with Crippen molar-refractivity contribution in [1.29, 1.82) is 0 Å². The van der Waals surface area contributed by atoms with E-state index in [1.54, 1.807) is 31.3 Å². The van der Waals surface area contributed by atoms with Gasteiger partial charge in [0.15, 0.2) is 11.6 Å². The minimum atomic E-state index is -0.744. The monoisotopic (exact) mass is 287 g/mol. The third-order valence-electron chi connectivity index (χ3n) is 3.13. The van der Waals surface area contributed by atoms with Crippen LogP contribution in [0.15, 0.2) is 41.1 Å². The molecule has 106 valence electrons. The zero-order valence-electron chi connectivity index (χ0n) is 11.1. The summed E-state index contributed by atoms with van der Waals surface area (Å²) in [5, 5.41) is 3.66. The maximum absolute atomic E-state index is 14.0. The Morgan fingerprint density at radius 2 is 1.95 bits per heavy atom. The number of halogens is 2. The fourth-order valence-corrected chi connectivity index (χ4v) is 2.08. The van der Waals surface area contributed by atoms with E-state index in [4.69, 9.17) is 10.3 Å². The molecule has 0 amide bonds. The van der Waals surface area contributed by atoms with Gasteiger partial charge in [0.2, 0.25) is 0 Å². The van der Waals surface area contributed by atoms with Gasteiger partial charge in [-0.15, -0.1) is 0 Å². The van der Waals surface area contributed by atoms with E-state index in [1.807, 2.05) is 0 Å². The van der Waals surface area contributed by atoms with Crippen LogP contribution < -0.4 is 5.73 Å². The van der Waals surface area contributed by atoms with Gasteiger partial charge in [0.25, 0.3) is 0 Å². The molecule has 6 heteroatoms. The lowest BCUT2D eigenvalue weighted by Gasteiger charge is -2.05. The molecule has 4 nitrogen and oxygen atoms in total. The van der Waals surface area contributed by atoms with Crippen LogP contribution in [0.2, 0.25) is 0 Å². The number of nitrogens with zero attached hydrogens (tertiary/aromatic N) is 2. The van der Waals surface area contributed by atoms with E-state index in [0.717, 1.165) is 6.07 Å². The highest BCUT2D eigenvalue weighted by Crippen LogP contribution is 2.37. The summed E-state index contributed by atoms with van der Waals surface area (Å²) < 4.78 is 32.5. The Balaban J connectivity index is 2.24. The summed E-state index contributed by atoms with van der Waals surface area (Å²) in [7, 11) is 0. The van der Waals surface area contributed by atoms with Crippen LogP contribution in [0.25, 0.3) is 22.6 Å². The lowest BCUT2D eigenvalue weighted by atomic mass is 10.0. The fraction of sp³-hybridized carbons (Fsp3) is 0.0667. The van der Waals surface area contributed by atoms with E-state index in [0.29, 0.717) is 16.8 Å². The van der Waals surface area contributed by atoms with Crippen LogP contribution >= 0.6 is 0 Å². The predicted octanol–water partition coefficient (Wildman–Crippen LogP) is 3.57. The molecule has 1 aromatic carbocycles. The van der Waals surface area contributed by atoms with Crippen molar-refractivity contribution in [2.45, 2.75) is 6.92 Å². The summed E-state index contributed by atoms with van der Waals surface area (Å²) in [6, 6.07) is 7.39.